The number of nitrogens with zero attached hydrogens (tertiary/aromatic N) is 4. The molecule has 1 saturated carbocycles. The second-order valence-electron chi connectivity index (χ2n) is 8.59. The predicted molar refractivity (Wildman–Crippen MR) is 131 cm³/mol. The van der Waals surface area contributed by atoms with E-state index in [1.54, 1.807) is 36.2 Å². The molecule has 0 radical (unpaired) electrons. The fraction of sp³-hybridized carbons (Fsp3) is 0.280. The highest BCUT2D eigenvalue weighted by Gasteiger charge is 2.33. The van der Waals surface area contributed by atoms with Gasteiger partial charge < -0.3 is 16.0 Å². The van der Waals surface area contributed by atoms with Gasteiger partial charge in [-0.25, -0.2) is 9.97 Å². The number of aromatic nitrogens is 2. The number of para-hydroxylation sites is 1. The molecular weight excluding hydrogens is 448 g/mol. The minimum absolute atomic E-state index is 0.0825. The van der Waals surface area contributed by atoms with Crippen LogP contribution in [0.25, 0.3) is 0 Å². The number of carbonyl (C=O) groups excluding carboxylic acids is 2. The number of rotatable bonds is 8. The molecule has 3 aromatic rings. The minimum atomic E-state index is -0.517. The molecule has 180 valence electrons. The summed E-state index contributed by atoms with van der Waals surface area (Å²) in [6.45, 7) is 0. The number of hydrogen-bond donors (Lipinski definition) is 2. The number of primary amides is 1. The number of hydrogen-bond acceptors (Lipinski definition) is 7. The molecule has 35 heavy (non-hydrogen) atoms. The number of anilines is 3. The van der Waals surface area contributed by atoms with E-state index in [1.165, 1.54) is 6.20 Å². The van der Waals surface area contributed by atoms with Crippen LogP contribution in [-0.4, -0.2) is 33.8 Å². The van der Waals surface area contributed by atoms with Gasteiger partial charge in [-0.1, -0.05) is 24.6 Å². The Balaban J connectivity index is 1.50. The van der Waals surface area contributed by atoms with Crippen LogP contribution in [0.3, 0.4) is 0 Å². The summed E-state index contributed by atoms with van der Waals surface area (Å²) in [6.07, 6.45) is 3.76. The largest absolute Gasteiger partial charge is 0.369 e. The van der Waals surface area contributed by atoms with Crippen molar-refractivity contribution in [1.29, 1.82) is 0 Å². The van der Waals surface area contributed by atoms with Gasteiger partial charge in [0.25, 0.3) is 5.91 Å². The van der Waals surface area contributed by atoms with Crippen molar-refractivity contribution in [3.05, 3.63) is 82.2 Å². The smallest absolute Gasteiger partial charge is 0.309 e. The van der Waals surface area contributed by atoms with Crippen molar-refractivity contribution in [3.8, 4) is 0 Å². The molecule has 0 bridgehead atoms. The second kappa shape index (κ2) is 10.3. The molecule has 0 aliphatic heterocycles. The first-order valence-corrected chi connectivity index (χ1v) is 11.3. The van der Waals surface area contributed by atoms with Crippen LogP contribution in [0.2, 0.25) is 0 Å². The Morgan fingerprint density at radius 1 is 1.14 bits per heavy atom. The van der Waals surface area contributed by atoms with Gasteiger partial charge in [-0.05, 0) is 55.2 Å². The summed E-state index contributed by atoms with van der Waals surface area (Å²) in [5, 5.41) is 14.6. The summed E-state index contributed by atoms with van der Waals surface area (Å²) in [5.41, 5.74) is 7.51. The van der Waals surface area contributed by atoms with Crippen molar-refractivity contribution < 1.29 is 14.5 Å². The Labute approximate surface area is 202 Å². The third-order valence-electron chi connectivity index (χ3n) is 6.36. The van der Waals surface area contributed by atoms with E-state index >= 15 is 0 Å². The first-order chi connectivity index (χ1) is 16.8. The highest BCUT2D eigenvalue weighted by atomic mass is 16.6. The zero-order valence-corrected chi connectivity index (χ0v) is 19.3. The Kier molecular flexibility index (Phi) is 7.00. The summed E-state index contributed by atoms with van der Waals surface area (Å²) < 4.78 is 0. The molecule has 1 aliphatic carbocycles. The monoisotopic (exact) mass is 474 g/mol. The second-order valence-corrected chi connectivity index (χ2v) is 8.59. The van der Waals surface area contributed by atoms with E-state index in [4.69, 9.17) is 5.73 Å². The van der Waals surface area contributed by atoms with Crippen LogP contribution >= 0.6 is 0 Å². The molecule has 1 aromatic heterocycles. The SMILES string of the molecule is CN(C(=O)c1ccc(Nc2ncc([N+](=O)[O-])c(C[C@@H]3CCC[C@@H]3C(N)=O)n2)cc1)c1ccccc1. The van der Waals surface area contributed by atoms with Gasteiger partial charge in [-0.2, -0.15) is 0 Å². The Hall–Kier alpha value is -4.34. The van der Waals surface area contributed by atoms with Crippen LogP contribution in [-0.2, 0) is 11.2 Å². The first-order valence-electron chi connectivity index (χ1n) is 11.3. The van der Waals surface area contributed by atoms with Crippen LogP contribution in [0.5, 0.6) is 0 Å². The highest BCUT2D eigenvalue weighted by Crippen LogP contribution is 2.35. The van der Waals surface area contributed by atoms with E-state index in [9.17, 15) is 19.7 Å². The van der Waals surface area contributed by atoms with Gasteiger partial charge in [-0.15, -0.1) is 0 Å². The quantitative estimate of drug-likeness (QED) is 0.373. The van der Waals surface area contributed by atoms with Crippen molar-refractivity contribution in [2.75, 3.05) is 17.3 Å². The van der Waals surface area contributed by atoms with Gasteiger partial charge in [0, 0.05) is 36.3 Å². The van der Waals surface area contributed by atoms with Crippen molar-refractivity contribution >= 4 is 34.8 Å². The maximum atomic E-state index is 12.8. The third kappa shape index (κ3) is 5.43. The molecular formula is C25H26N6O4. The molecule has 4 rings (SSSR count). The lowest BCUT2D eigenvalue weighted by Crippen LogP contribution is -2.27. The molecule has 3 N–H and O–H groups in total. The van der Waals surface area contributed by atoms with Crippen LogP contribution < -0.4 is 16.0 Å². The molecule has 0 spiro atoms. The van der Waals surface area contributed by atoms with Crippen LogP contribution in [0.15, 0.2) is 60.8 Å². The molecule has 1 aliphatic rings. The van der Waals surface area contributed by atoms with E-state index in [0.29, 0.717) is 17.7 Å². The van der Waals surface area contributed by atoms with Crippen molar-refractivity contribution in [3.63, 3.8) is 0 Å². The predicted octanol–water partition coefficient (Wildman–Crippen LogP) is 3.85. The zero-order valence-electron chi connectivity index (χ0n) is 19.3. The van der Waals surface area contributed by atoms with Gasteiger partial charge in [0.2, 0.25) is 11.9 Å². The summed E-state index contributed by atoms with van der Waals surface area (Å²) in [5.74, 6) is -0.729. The maximum Gasteiger partial charge on any atom is 0.309 e. The molecule has 10 heteroatoms. The van der Waals surface area contributed by atoms with Crippen molar-refractivity contribution in [2.45, 2.75) is 25.7 Å². The highest BCUT2D eigenvalue weighted by molar-refractivity contribution is 6.05. The summed E-state index contributed by atoms with van der Waals surface area (Å²) in [4.78, 5) is 45.6. The molecule has 1 heterocycles. The van der Waals surface area contributed by atoms with Crippen LogP contribution in [0, 0.1) is 22.0 Å². The minimum Gasteiger partial charge on any atom is -0.369 e. The van der Waals surface area contributed by atoms with Gasteiger partial charge in [0.05, 0.1) is 4.92 Å². The Morgan fingerprint density at radius 3 is 2.51 bits per heavy atom. The fourth-order valence-corrected chi connectivity index (χ4v) is 4.47. The van der Waals surface area contributed by atoms with Crippen LogP contribution in [0.4, 0.5) is 23.0 Å². The Morgan fingerprint density at radius 2 is 1.86 bits per heavy atom. The van der Waals surface area contributed by atoms with E-state index in [-0.39, 0.29) is 47.4 Å². The molecule has 2 atom stereocenters. The van der Waals surface area contributed by atoms with E-state index in [2.05, 4.69) is 15.3 Å². The fourth-order valence-electron chi connectivity index (χ4n) is 4.47. The average Bonchev–Trinajstić information content (AvgIpc) is 3.32. The van der Waals surface area contributed by atoms with E-state index in [1.807, 2.05) is 30.3 Å². The van der Waals surface area contributed by atoms with Gasteiger partial charge in [-0.3, -0.25) is 19.7 Å². The Bertz CT molecular complexity index is 1230. The van der Waals surface area contributed by atoms with Gasteiger partial charge in [0.15, 0.2) is 0 Å². The van der Waals surface area contributed by atoms with Crippen molar-refractivity contribution in [1.82, 2.24) is 9.97 Å². The number of amides is 2. The number of nitrogens with one attached hydrogen (secondary N) is 1. The van der Waals surface area contributed by atoms with Crippen molar-refractivity contribution in [2.24, 2.45) is 17.6 Å². The molecule has 2 amide bonds. The standard InChI is InChI=1S/C25H26N6O4/c1-30(19-7-3-2-4-8-19)24(33)16-10-12-18(13-11-16)28-25-27-15-22(31(34)35)21(29-25)14-17-6-5-9-20(17)23(26)32/h2-4,7-8,10-13,15,17,20H,5-6,9,14H2,1H3,(H2,26,32)(H,27,28,29)/t17-,20-/m0/s1. The normalized spacial score (nSPS) is 17.1. The lowest BCUT2D eigenvalue weighted by Gasteiger charge is -2.17. The number of benzene rings is 2. The van der Waals surface area contributed by atoms with E-state index < -0.39 is 4.92 Å². The molecule has 2 aromatic carbocycles. The molecule has 10 nitrogen and oxygen atoms in total. The number of carbonyl (C=O) groups is 2. The first kappa shape index (κ1) is 23.8. The topological polar surface area (TPSA) is 144 Å². The van der Waals surface area contributed by atoms with Gasteiger partial charge >= 0.3 is 5.69 Å². The number of nitro groups is 1. The average molecular weight is 475 g/mol. The summed E-state index contributed by atoms with van der Waals surface area (Å²) in [7, 11) is 1.71. The lowest BCUT2D eigenvalue weighted by molar-refractivity contribution is -0.386. The van der Waals surface area contributed by atoms with E-state index in [0.717, 1.165) is 18.5 Å². The molecule has 1 fully saturated rings. The molecule has 0 unspecified atom stereocenters. The maximum absolute atomic E-state index is 12.8. The van der Waals surface area contributed by atoms with Crippen LogP contribution in [0.1, 0.15) is 35.3 Å². The molecule has 0 saturated heterocycles. The third-order valence-corrected chi connectivity index (χ3v) is 6.36. The summed E-state index contributed by atoms with van der Waals surface area (Å²) in [6, 6.07) is 16.1. The number of nitrogens with two attached hydrogens (primary N) is 1. The van der Waals surface area contributed by atoms with Gasteiger partial charge in [0.1, 0.15) is 11.9 Å². The summed E-state index contributed by atoms with van der Waals surface area (Å²) >= 11 is 0. The lowest BCUT2D eigenvalue weighted by atomic mass is 9.90. The zero-order chi connectivity index (χ0) is 24.9.